The summed E-state index contributed by atoms with van der Waals surface area (Å²) in [7, 11) is -2.37. The molecule has 164 valence electrons. The Bertz CT molecular complexity index is 993. The van der Waals surface area contributed by atoms with E-state index in [4.69, 9.17) is 4.74 Å². The molecular formula is C19H26N4O4S3. The van der Waals surface area contributed by atoms with Gasteiger partial charge in [0.2, 0.25) is 15.2 Å². The first-order valence-electron chi connectivity index (χ1n) is 9.88. The highest BCUT2D eigenvalue weighted by atomic mass is 32.2. The minimum Gasteiger partial charge on any atom is -0.495 e. The number of sulfonamides is 1. The van der Waals surface area contributed by atoms with E-state index in [0.29, 0.717) is 11.7 Å². The van der Waals surface area contributed by atoms with Crippen molar-refractivity contribution in [1.82, 2.24) is 14.5 Å². The van der Waals surface area contributed by atoms with E-state index in [2.05, 4.69) is 15.5 Å². The van der Waals surface area contributed by atoms with Gasteiger partial charge in [0.05, 0.1) is 7.11 Å². The van der Waals surface area contributed by atoms with E-state index in [1.165, 1.54) is 30.6 Å². The van der Waals surface area contributed by atoms with Crippen molar-refractivity contribution in [1.29, 1.82) is 0 Å². The van der Waals surface area contributed by atoms with Crippen molar-refractivity contribution >= 4 is 44.2 Å². The minimum atomic E-state index is -3.80. The molecule has 1 aromatic heterocycles. The van der Waals surface area contributed by atoms with E-state index in [1.807, 2.05) is 13.8 Å². The number of nitrogens with zero attached hydrogens (tertiary/aromatic N) is 3. The van der Waals surface area contributed by atoms with Crippen LogP contribution >= 0.6 is 23.1 Å². The highest BCUT2D eigenvalue weighted by Gasteiger charge is 2.34. The Morgan fingerprint density at radius 2 is 2.13 bits per heavy atom. The highest BCUT2D eigenvalue weighted by Crippen LogP contribution is 2.33. The third-order valence-corrected chi connectivity index (χ3v) is 8.78. The second-order valence-electron chi connectivity index (χ2n) is 6.80. The van der Waals surface area contributed by atoms with Gasteiger partial charge in [0.25, 0.3) is 5.91 Å². The van der Waals surface area contributed by atoms with Crippen molar-refractivity contribution in [3.05, 3.63) is 23.8 Å². The van der Waals surface area contributed by atoms with Gasteiger partial charge in [-0.1, -0.05) is 43.4 Å². The first kappa shape index (κ1) is 23.0. The number of carbonyl (C=O) groups excluding carboxylic acids is 1. The lowest BCUT2D eigenvalue weighted by Crippen LogP contribution is -2.43. The molecule has 3 rings (SSSR count). The molecule has 30 heavy (non-hydrogen) atoms. The first-order valence-corrected chi connectivity index (χ1v) is 13.1. The van der Waals surface area contributed by atoms with Gasteiger partial charge in [0.1, 0.15) is 10.6 Å². The average Bonchev–Trinajstić information content (AvgIpc) is 3.20. The zero-order valence-corrected chi connectivity index (χ0v) is 19.7. The minimum absolute atomic E-state index is 0.0116. The Hall–Kier alpha value is -1.69. The first-order chi connectivity index (χ1) is 14.4. The summed E-state index contributed by atoms with van der Waals surface area (Å²) in [4.78, 5) is 12.7. The van der Waals surface area contributed by atoms with Gasteiger partial charge in [-0.05, 0) is 43.2 Å². The molecule has 1 atom stereocenters. The van der Waals surface area contributed by atoms with Crippen LogP contribution in [0.1, 0.15) is 49.9 Å². The lowest BCUT2D eigenvalue weighted by Gasteiger charge is -2.34. The van der Waals surface area contributed by atoms with Gasteiger partial charge in [-0.15, -0.1) is 10.2 Å². The van der Waals surface area contributed by atoms with Gasteiger partial charge in [0.15, 0.2) is 4.34 Å². The Morgan fingerprint density at radius 1 is 1.33 bits per heavy atom. The number of hydrogen-bond acceptors (Lipinski definition) is 8. The zero-order chi connectivity index (χ0) is 21.7. The third kappa shape index (κ3) is 4.96. The van der Waals surface area contributed by atoms with Gasteiger partial charge in [-0.25, -0.2) is 8.42 Å². The fourth-order valence-corrected chi connectivity index (χ4v) is 7.05. The summed E-state index contributed by atoms with van der Waals surface area (Å²) in [5.41, 5.74) is 0.222. The molecule has 0 radical (unpaired) electrons. The summed E-state index contributed by atoms with van der Waals surface area (Å²) in [6.45, 7) is 4.48. The number of rotatable bonds is 8. The van der Waals surface area contributed by atoms with Crippen LogP contribution in [0, 0.1) is 0 Å². The molecule has 11 heteroatoms. The van der Waals surface area contributed by atoms with Crippen LogP contribution in [0.3, 0.4) is 0 Å². The number of piperidine rings is 1. The molecule has 1 fully saturated rings. The Labute approximate surface area is 185 Å². The molecule has 2 aromatic rings. The van der Waals surface area contributed by atoms with Gasteiger partial charge in [-0.2, -0.15) is 4.31 Å². The van der Waals surface area contributed by atoms with Gasteiger partial charge >= 0.3 is 0 Å². The molecule has 8 nitrogen and oxygen atoms in total. The summed E-state index contributed by atoms with van der Waals surface area (Å²) < 4.78 is 34.5. The average molecular weight is 471 g/mol. The zero-order valence-electron chi connectivity index (χ0n) is 17.3. The Kier molecular flexibility index (Phi) is 7.72. The van der Waals surface area contributed by atoms with Crippen molar-refractivity contribution < 1.29 is 17.9 Å². The normalized spacial score (nSPS) is 17.6. The predicted molar refractivity (Wildman–Crippen MR) is 119 cm³/mol. The van der Waals surface area contributed by atoms with Crippen molar-refractivity contribution in [2.45, 2.75) is 54.8 Å². The number of thioether (sulfide) groups is 1. The molecule has 1 saturated heterocycles. The van der Waals surface area contributed by atoms with Crippen molar-refractivity contribution in [3.63, 3.8) is 0 Å². The topological polar surface area (TPSA) is 101 Å². The van der Waals surface area contributed by atoms with Gasteiger partial charge in [-0.3, -0.25) is 10.1 Å². The summed E-state index contributed by atoms with van der Waals surface area (Å²) >= 11 is 2.82. The number of aromatic nitrogens is 2. The summed E-state index contributed by atoms with van der Waals surface area (Å²) in [6.07, 6.45) is 3.43. The summed E-state index contributed by atoms with van der Waals surface area (Å²) in [5, 5.41) is 11.0. The molecule has 1 N–H and O–H groups in total. The maximum atomic E-state index is 13.4. The molecule has 2 heterocycles. The quantitative estimate of drug-likeness (QED) is 0.462. The Balaban J connectivity index is 1.89. The van der Waals surface area contributed by atoms with E-state index >= 15 is 0 Å². The van der Waals surface area contributed by atoms with Crippen LogP contribution in [0.25, 0.3) is 0 Å². The SMILES string of the molecule is CCSc1nnc(NC(=O)c2ccc(OC)c(S(=O)(=O)N3CCCCC3CC)c2)s1. The van der Waals surface area contributed by atoms with Crippen LogP contribution in [0.2, 0.25) is 0 Å². The standard InChI is InChI=1S/C19H26N4O4S3/c1-4-14-8-6-7-11-23(14)30(25,26)16-12-13(9-10-15(16)27-3)17(24)20-18-21-22-19(29-18)28-5-2/h9-10,12,14H,4-8,11H2,1-3H3,(H,20,21,24). The lowest BCUT2D eigenvalue weighted by atomic mass is 10.0. The number of nitrogens with one attached hydrogen (secondary N) is 1. The monoisotopic (exact) mass is 470 g/mol. The predicted octanol–water partition coefficient (Wildman–Crippen LogP) is 3.86. The second-order valence-corrected chi connectivity index (χ2v) is 11.1. The van der Waals surface area contributed by atoms with E-state index in [1.54, 1.807) is 22.1 Å². The molecule has 0 spiro atoms. The molecule has 1 amide bonds. The molecule has 1 aromatic carbocycles. The molecule has 1 unspecified atom stereocenters. The highest BCUT2D eigenvalue weighted by molar-refractivity contribution is 8.01. The number of benzene rings is 1. The largest absolute Gasteiger partial charge is 0.495 e. The molecule has 1 aliphatic rings. The van der Waals surface area contributed by atoms with E-state index < -0.39 is 15.9 Å². The molecule has 0 saturated carbocycles. The van der Waals surface area contributed by atoms with Crippen LogP contribution < -0.4 is 10.1 Å². The van der Waals surface area contributed by atoms with E-state index in [-0.39, 0.29) is 22.3 Å². The van der Waals surface area contributed by atoms with Crippen LogP contribution in [0.5, 0.6) is 5.75 Å². The van der Waals surface area contributed by atoms with Gasteiger partial charge in [0, 0.05) is 18.2 Å². The number of methoxy groups -OCH3 is 1. The Morgan fingerprint density at radius 3 is 2.83 bits per heavy atom. The van der Waals surface area contributed by atoms with E-state index in [0.717, 1.165) is 35.8 Å². The second kappa shape index (κ2) is 10.1. The van der Waals surface area contributed by atoms with Crippen LogP contribution in [0.15, 0.2) is 27.4 Å². The number of anilines is 1. The number of ether oxygens (including phenoxy) is 1. The van der Waals surface area contributed by atoms with Crippen molar-refractivity contribution in [2.24, 2.45) is 0 Å². The van der Waals surface area contributed by atoms with Crippen LogP contribution in [0.4, 0.5) is 5.13 Å². The third-order valence-electron chi connectivity index (χ3n) is 4.95. The molecule has 0 aliphatic carbocycles. The lowest BCUT2D eigenvalue weighted by molar-refractivity contribution is 0.102. The maximum Gasteiger partial charge on any atom is 0.257 e. The number of amides is 1. The number of carbonyl (C=O) groups is 1. The molecule has 1 aliphatic heterocycles. The fourth-order valence-electron chi connectivity index (χ4n) is 3.46. The van der Waals surface area contributed by atoms with Crippen molar-refractivity contribution in [3.8, 4) is 5.75 Å². The number of hydrogen-bond donors (Lipinski definition) is 1. The van der Waals surface area contributed by atoms with Crippen molar-refractivity contribution in [2.75, 3.05) is 24.7 Å². The fraction of sp³-hybridized carbons (Fsp3) is 0.526. The summed E-state index contributed by atoms with van der Waals surface area (Å²) in [6, 6.07) is 4.41. The maximum absolute atomic E-state index is 13.4. The molecular weight excluding hydrogens is 444 g/mol. The van der Waals surface area contributed by atoms with E-state index in [9.17, 15) is 13.2 Å². The van der Waals surface area contributed by atoms with Gasteiger partial charge < -0.3 is 4.74 Å². The summed E-state index contributed by atoms with van der Waals surface area (Å²) in [5.74, 6) is 0.644. The van der Waals surface area contributed by atoms with Crippen LogP contribution in [-0.4, -0.2) is 54.3 Å². The van der Waals surface area contributed by atoms with Crippen LogP contribution in [-0.2, 0) is 10.0 Å². The smallest absolute Gasteiger partial charge is 0.257 e. The molecule has 0 bridgehead atoms.